The van der Waals surface area contributed by atoms with Crippen molar-refractivity contribution in [3.63, 3.8) is 0 Å². The van der Waals surface area contributed by atoms with Crippen molar-refractivity contribution in [2.75, 3.05) is 0 Å². The predicted octanol–water partition coefficient (Wildman–Crippen LogP) is 11.1. The SMILES string of the molecule is CCCCc1c(-c2c(C)cc(C)cc2C)c(C(C)C)nn1-c1[c-]c(Oc2[c-]c3c(cc2)c2ccccc2n3-c2cc(C)ccn2)ccc1.[Pt+2]. The molecule has 0 radical (unpaired) electrons. The van der Waals surface area contributed by atoms with Crippen LogP contribution in [0.2, 0.25) is 0 Å². The van der Waals surface area contributed by atoms with Crippen molar-refractivity contribution in [2.24, 2.45) is 0 Å². The molecule has 3 aromatic heterocycles. The van der Waals surface area contributed by atoms with Gasteiger partial charge in [-0.15, -0.1) is 35.7 Å². The maximum Gasteiger partial charge on any atom is 2.00 e. The summed E-state index contributed by atoms with van der Waals surface area (Å²) in [5, 5.41) is 7.55. The van der Waals surface area contributed by atoms with Gasteiger partial charge in [0.1, 0.15) is 5.82 Å². The summed E-state index contributed by atoms with van der Waals surface area (Å²) < 4.78 is 10.8. The van der Waals surface area contributed by atoms with Crippen LogP contribution in [0.1, 0.15) is 73.2 Å². The van der Waals surface area contributed by atoms with Gasteiger partial charge in [-0.1, -0.05) is 68.6 Å². The van der Waals surface area contributed by atoms with E-state index in [1.165, 1.54) is 33.5 Å². The molecule has 7 aromatic rings. The molecule has 5 nitrogen and oxygen atoms in total. The van der Waals surface area contributed by atoms with Gasteiger partial charge in [-0.25, -0.2) is 4.98 Å². The minimum absolute atomic E-state index is 0. The Morgan fingerprint density at radius 2 is 1.53 bits per heavy atom. The van der Waals surface area contributed by atoms with Crippen molar-refractivity contribution < 1.29 is 25.8 Å². The van der Waals surface area contributed by atoms with E-state index in [4.69, 9.17) is 14.8 Å². The summed E-state index contributed by atoms with van der Waals surface area (Å²) in [7, 11) is 0. The average molecular weight is 826 g/mol. The molecule has 6 heteroatoms. The monoisotopic (exact) mass is 825 g/mol. The number of benzene rings is 4. The number of ether oxygens (including phenoxy) is 1. The van der Waals surface area contributed by atoms with Crippen molar-refractivity contribution in [3.8, 4) is 34.1 Å². The van der Waals surface area contributed by atoms with Crippen LogP contribution in [-0.2, 0) is 27.5 Å². The van der Waals surface area contributed by atoms with E-state index in [1.807, 2.05) is 30.5 Å². The van der Waals surface area contributed by atoms with Crippen molar-refractivity contribution in [3.05, 3.63) is 131 Å². The Morgan fingerprint density at radius 3 is 2.27 bits per heavy atom. The van der Waals surface area contributed by atoms with Gasteiger partial charge in [0.2, 0.25) is 0 Å². The van der Waals surface area contributed by atoms with Gasteiger partial charge in [0.05, 0.1) is 5.69 Å². The topological polar surface area (TPSA) is 44.9 Å². The summed E-state index contributed by atoms with van der Waals surface area (Å²) >= 11 is 0. The molecule has 7 rings (SSSR count). The van der Waals surface area contributed by atoms with Crippen LogP contribution >= 0.6 is 0 Å². The molecule has 0 amide bonds. The van der Waals surface area contributed by atoms with Gasteiger partial charge < -0.3 is 9.30 Å². The van der Waals surface area contributed by atoms with Gasteiger partial charge in [-0.2, -0.15) is 17.2 Å². The zero-order valence-corrected chi connectivity index (χ0v) is 31.6. The summed E-state index contributed by atoms with van der Waals surface area (Å²) in [6, 6.07) is 34.4. The fraction of sp³-hybridized carbons (Fsp3) is 0.256. The van der Waals surface area contributed by atoms with E-state index in [0.29, 0.717) is 11.5 Å². The second-order valence-electron chi connectivity index (χ2n) is 13.3. The van der Waals surface area contributed by atoms with Crippen molar-refractivity contribution >= 4 is 21.8 Å². The molecule has 0 unspecified atom stereocenters. The third kappa shape index (κ3) is 6.49. The minimum atomic E-state index is 0. The first-order chi connectivity index (χ1) is 23.2. The number of aromatic nitrogens is 4. The normalized spacial score (nSPS) is 11.4. The minimum Gasteiger partial charge on any atom is -0.509 e. The number of nitrogens with zero attached hydrogens (tertiary/aromatic N) is 4. The molecule has 250 valence electrons. The molecule has 0 bridgehead atoms. The molecule has 0 spiro atoms. The number of rotatable bonds is 9. The van der Waals surface area contributed by atoms with Crippen molar-refractivity contribution in [1.82, 2.24) is 19.3 Å². The Morgan fingerprint density at radius 1 is 0.776 bits per heavy atom. The summed E-state index contributed by atoms with van der Waals surface area (Å²) in [5.41, 5.74) is 12.8. The first kappa shape index (κ1) is 34.4. The second kappa shape index (κ2) is 14.2. The number of unbranched alkanes of at least 4 members (excludes halogenated alkanes) is 1. The summed E-state index contributed by atoms with van der Waals surface area (Å²) in [6.45, 7) is 15.4. The van der Waals surface area contributed by atoms with E-state index < -0.39 is 0 Å². The average Bonchev–Trinajstić information content (AvgIpc) is 3.59. The Hall–Kier alpha value is -4.47. The smallest absolute Gasteiger partial charge is 0.509 e. The molecule has 0 aliphatic heterocycles. The number of fused-ring (bicyclic) bond motifs is 3. The molecule has 0 N–H and O–H groups in total. The van der Waals surface area contributed by atoms with Gasteiger partial charge in [0.25, 0.3) is 0 Å². The summed E-state index contributed by atoms with van der Waals surface area (Å²) in [6.07, 6.45) is 4.97. The maximum atomic E-state index is 6.51. The van der Waals surface area contributed by atoms with Gasteiger partial charge in [-0.3, -0.25) is 4.68 Å². The second-order valence-corrected chi connectivity index (χ2v) is 13.3. The molecule has 0 saturated carbocycles. The summed E-state index contributed by atoms with van der Waals surface area (Å²) in [5.74, 6) is 2.36. The van der Waals surface area contributed by atoms with E-state index in [1.54, 1.807) is 0 Å². The van der Waals surface area contributed by atoms with Crippen molar-refractivity contribution in [1.29, 1.82) is 0 Å². The van der Waals surface area contributed by atoms with E-state index in [9.17, 15) is 0 Å². The van der Waals surface area contributed by atoms with Crippen LogP contribution in [0.3, 0.4) is 0 Å². The molecular weight excluding hydrogens is 784 g/mol. The molecule has 0 saturated heterocycles. The van der Waals surface area contributed by atoms with Crippen LogP contribution in [-0.4, -0.2) is 19.3 Å². The van der Waals surface area contributed by atoms with Gasteiger partial charge in [0, 0.05) is 34.5 Å². The van der Waals surface area contributed by atoms with Crippen LogP contribution in [0.5, 0.6) is 11.5 Å². The van der Waals surface area contributed by atoms with Crippen LogP contribution in [0.4, 0.5) is 0 Å². The predicted molar refractivity (Wildman–Crippen MR) is 197 cm³/mol. The maximum absolute atomic E-state index is 6.51. The van der Waals surface area contributed by atoms with Gasteiger partial charge in [-0.05, 0) is 98.0 Å². The molecule has 0 aliphatic carbocycles. The van der Waals surface area contributed by atoms with E-state index >= 15 is 0 Å². The molecule has 4 aromatic carbocycles. The number of hydrogen-bond donors (Lipinski definition) is 0. The van der Waals surface area contributed by atoms with Crippen LogP contribution in [0.25, 0.3) is 44.4 Å². The molecule has 0 aliphatic rings. The molecule has 49 heavy (non-hydrogen) atoms. The Bertz CT molecular complexity index is 2270. The Balaban J connectivity index is 0.00000417. The zero-order valence-electron chi connectivity index (χ0n) is 29.3. The third-order valence-corrected chi connectivity index (χ3v) is 9.14. The largest absolute Gasteiger partial charge is 2.00 e. The van der Waals surface area contributed by atoms with Crippen LogP contribution in [0.15, 0.2) is 85.1 Å². The van der Waals surface area contributed by atoms with E-state index in [0.717, 1.165) is 63.8 Å². The number of aryl methyl sites for hydroxylation is 4. The Kier molecular flexibility index (Phi) is 9.95. The third-order valence-electron chi connectivity index (χ3n) is 9.14. The molecular formula is C43H42N4OPt. The quantitative estimate of drug-likeness (QED) is 0.136. The standard InChI is InChI=1S/C43H42N4O.Pt/c1-8-9-16-38-42(41-30(6)22-29(5)23-31(41)7)43(27(2)3)45-47(38)32-13-12-14-33(25-32)48-34-18-19-36-35-15-10-11-17-37(35)46(39(36)26-34)40-24-28(4)20-21-44-40;/h10-15,17-24,27H,8-9,16H2,1-7H3;/q-2;+2. The van der Waals surface area contributed by atoms with Gasteiger partial charge >= 0.3 is 21.1 Å². The number of hydrogen-bond acceptors (Lipinski definition) is 3. The zero-order chi connectivity index (χ0) is 33.5. The number of pyridine rings is 1. The fourth-order valence-corrected chi connectivity index (χ4v) is 7.05. The molecule has 3 heterocycles. The van der Waals surface area contributed by atoms with Crippen LogP contribution in [0, 0.1) is 39.8 Å². The van der Waals surface area contributed by atoms with Crippen LogP contribution < -0.4 is 4.74 Å². The Labute approximate surface area is 304 Å². The first-order valence-electron chi connectivity index (χ1n) is 17.0. The summed E-state index contributed by atoms with van der Waals surface area (Å²) in [4.78, 5) is 4.72. The van der Waals surface area contributed by atoms with Crippen molar-refractivity contribution in [2.45, 2.75) is 73.6 Å². The van der Waals surface area contributed by atoms with E-state index in [-0.39, 0.29) is 27.0 Å². The molecule has 0 atom stereocenters. The molecule has 0 fully saturated rings. The number of para-hydroxylation sites is 1. The fourth-order valence-electron chi connectivity index (χ4n) is 7.05. The van der Waals surface area contributed by atoms with E-state index in [2.05, 4.69) is 124 Å². The first-order valence-corrected chi connectivity index (χ1v) is 17.0. The van der Waals surface area contributed by atoms with Gasteiger partial charge in [0.15, 0.2) is 0 Å².